The Bertz CT molecular complexity index is 588. The van der Waals surface area contributed by atoms with E-state index in [0.717, 1.165) is 18.7 Å². The number of rotatable bonds is 5. The molecule has 2 aromatic rings. The highest BCUT2D eigenvalue weighted by Gasteiger charge is 2.19. The fourth-order valence-corrected chi connectivity index (χ4v) is 3.51. The summed E-state index contributed by atoms with van der Waals surface area (Å²) in [7, 11) is 0. The molecule has 2 nitrogen and oxygen atoms in total. The minimum atomic E-state index is 0.0760. The SMILES string of the molecule is CC(C)(CNCc1cc(Br)c(O)c(Br)c1)c1ccccc1. The van der Waals surface area contributed by atoms with Gasteiger partial charge in [-0.1, -0.05) is 44.2 Å². The van der Waals surface area contributed by atoms with Crippen molar-refractivity contribution in [2.45, 2.75) is 25.8 Å². The summed E-state index contributed by atoms with van der Waals surface area (Å²) in [5.41, 5.74) is 2.52. The lowest BCUT2D eigenvalue weighted by molar-refractivity contribution is 0.463. The van der Waals surface area contributed by atoms with E-state index in [0.29, 0.717) is 8.95 Å². The molecule has 0 amide bonds. The second kappa shape index (κ2) is 6.95. The smallest absolute Gasteiger partial charge is 0.143 e. The van der Waals surface area contributed by atoms with Gasteiger partial charge in [-0.05, 0) is 55.1 Å². The van der Waals surface area contributed by atoms with Crippen molar-refractivity contribution >= 4 is 31.9 Å². The van der Waals surface area contributed by atoms with E-state index in [4.69, 9.17) is 0 Å². The molecule has 0 aliphatic rings. The van der Waals surface area contributed by atoms with Crippen LogP contribution in [-0.2, 0) is 12.0 Å². The minimum Gasteiger partial charge on any atom is -0.506 e. The Balaban J connectivity index is 1.98. The summed E-state index contributed by atoms with van der Waals surface area (Å²) in [6.45, 7) is 6.11. The third kappa shape index (κ3) is 4.31. The number of hydrogen-bond acceptors (Lipinski definition) is 2. The van der Waals surface area contributed by atoms with E-state index in [-0.39, 0.29) is 11.2 Å². The number of nitrogens with one attached hydrogen (secondary N) is 1. The summed E-state index contributed by atoms with van der Waals surface area (Å²) in [6.07, 6.45) is 0. The first-order chi connectivity index (χ1) is 9.90. The van der Waals surface area contributed by atoms with Crippen molar-refractivity contribution in [2.24, 2.45) is 0 Å². The van der Waals surface area contributed by atoms with Crippen LogP contribution in [0, 0.1) is 0 Å². The van der Waals surface area contributed by atoms with Gasteiger partial charge < -0.3 is 10.4 Å². The van der Waals surface area contributed by atoms with Crippen LogP contribution in [0.2, 0.25) is 0 Å². The Morgan fingerprint density at radius 1 is 1.05 bits per heavy atom. The molecule has 0 spiro atoms. The first-order valence-corrected chi connectivity index (χ1v) is 8.42. The number of aromatic hydroxyl groups is 1. The van der Waals surface area contributed by atoms with Gasteiger partial charge in [0, 0.05) is 18.5 Å². The molecule has 4 heteroatoms. The molecule has 0 aliphatic carbocycles. The van der Waals surface area contributed by atoms with Crippen molar-refractivity contribution in [3.05, 3.63) is 62.5 Å². The molecule has 21 heavy (non-hydrogen) atoms. The topological polar surface area (TPSA) is 32.3 Å². The summed E-state index contributed by atoms with van der Waals surface area (Å²) in [4.78, 5) is 0. The molecular formula is C17H19Br2NO. The van der Waals surface area contributed by atoms with Crippen LogP contribution in [0.5, 0.6) is 5.75 Å². The molecule has 112 valence electrons. The Hall–Kier alpha value is -0.840. The zero-order chi connectivity index (χ0) is 15.5. The lowest BCUT2D eigenvalue weighted by atomic mass is 9.84. The van der Waals surface area contributed by atoms with E-state index in [1.54, 1.807) is 0 Å². The Morgan fingerprint density at radius 3 is 2.19 bits per heavy atom. The second-order valence-electron chi connectivity index (χ2n) is 5.76. The summed E-state index contributed by atoms with van der Waals surface area (Å²) in [5, 5.41) is 13.2. The van der Waals surface area contributed by atoms with Gasteiger partial charge in [0.05, 0.1) is 8.95 Å². The van der Waals surface area contributed by atoms with Gasteiger partial charge in [-0.2, -0.15) is 0 Å². The van der Waals surface area contributed by atoms with Crippen molar-refractivity contribution in [1.82, 2.24) is 5.32 Å². The standard InChI is InChI=1S/C17H19Br2NO/c1-17(2,13-6-4-3-5-7-13)11-20-10-12-8-14(18)16(21)15(19)9-12/h3-9,20-21H,10-11H2,1-2H3. The maximum absolute atomic E-state index is 9.72. The van der Waals surface area contributed by atoms with Gasteiger partial charge in [0.2, 0.25) is 0 Å². The van der Waals surface area contributed by atoms with Crippen LogP contribution in [0.15, 0.2) is 51.4 Å². The summed E-state index contributed by atoms with van der Waals surface area (Å²) in [5.74, 6) is 0.239. The monoisotopic (exact) mass is 411 g/mol. The van der Waals surface area contributed by atoms with Gasteiger partial charge in [-0.15, -0.1) is 0 Å². The molecule has 2 N–H and O–H groups in total. The Kier molecular flexibility index (Phi) is 5.47. The molecule has 2 rings (SSSR count). The van der Waals surface area contributed by atoms with Gasteiger partial charge in [0.25, 0.3) is 0 Å². The Morgan fingerprint density at radius 2 is 1.62 bits per heavy atom. The molecule has 0 aromatic heterocycles. The maximum atomic E-state index is 9.72. The third-order valence-corrected chi connectivity index (χ3v) is 4.74. The highest BCUT2D eigenvalue weighted by molar-refractivity contribution is 9.11. The fourth-order valence-electron chi connectivity index (χ4n) is 2.23. The molecule has 2 aromatic carbocycles. The summed E-state index contributed by atoms with van der Waals surface area (Å²) >= 11 is 6.71. The number of phenolic OH excluding ortho intramolecular Hbond substituents is 1. The van der Waals surface area contributed by atoms with Crippen molar-refractivity contribution in [3.8, 4) is 5.75 Å². The third-order valence-electron chi connectivity index (χ3n) is 3.53. The van der Waals surface area contributed by atoms with Crippen LogP contribution >= 0.6 is 31.9 Å². The molecule has 0 bridgehead atoms. The number of phenols is 1. The van der Waals surface area contributed by atoms with Gasteiger partial charge in [0.1, 0.15) is 5.75 Å². The highest BCUT2D eigenvalue weighted by atomic mass is 79.9. The van der Waals surface area contributed by atoms with Crippen LogP contribution < -0.4 is 5.32 Å². The van der Waals surface area contributed by atoms with Crippen molar-refractivity contribution in [2.75, 3.05) is 6.54 Å². The minimum absolute atomic E-state index is 0.0760. The lowest BCUT2D eigenvalue weighted by Crippen LogP contribution is -2.32. The van der Waals surface area contributed by atoms with E-state index < -0.39 is 0 Å². The van der Waals surface area contributed by atoms with E-state index in [2.05, 4.69) is 75.3 Å². The van der Waals surface area contributed by atoms with Gasteiger partial charge in [-0.3, -0.25) is 0 Å². The second-order valence-corrected chi connectivity index (χ2v) is 7.47. The number of halogens is 2. The molecule has 0 radical (unpaired) electrons. The molecule has 0 heterocycles. The number of benzene rings is 2. The van der Waals surface area contributed by atoms with E-state index in [9.17, 15) is 5.11 Å². The normalized spacial score (nSPS) is 11.6. The highest BCUT2D eigenvalue weighted by Crippen LogP contribution is 2.33. The van der Waals surface area contributed by atoms with Crippen LogP contribution in [-0.4, -0.2) is 11.7 Å². The Labute approximate surface area is 142 Å². The van der Waals surface area contributed by atoms with E-state index in [1.165, 1.54) is 5.56 Å². The largest absolute Gasteiger partial charge is 0.506 e. The predicted octanol–water partition coefficient (Wildman–Crippen LogP) is 4.98. The fraction of sp³-hybridized carbons (Fsp3) is 0.294. The van der Waals surface area contributed by atoms with Crippen LogP contribution in [0.4, 0.5) is 0 Å². The van der Waals surface area contributed by atoms with E-state index >= 15 is 0 Å². The van der Waals surface area contributed by atoms with Gasteiger partial charge >= 0.3 is 0 Å². The number of hydrogen-bond donors (Lipinski definition) is 2. The maximum Gasteiger partial charge on any atom is 0.143 e. The molecule has 0 atom stereocenters. The van der Waals surface area contributed by atoms with E-state index in [1.807, 2.05) is 18.2 Å². The average molecular weight is 413 g/mol. The predicted molar refractivity (Wildman–Crippen MR) is 94.7 cm³/mol. The van der Waals surface area contributed by atoms with Gasteiger partial charge in [-0.25, -0.2) is 0 Å². The van der Waals surface area contributed by atoms with Crippen molar-refractivity contribution < 1.29 is 5.11 Å². The quantitative estimate of drug-likeness (QED) is 0.725. The van der Waals surface area contributed by atoms with Gasteiger partial charge in [0.15, 0.2) is 0 Å². The molecule has 0 saturated carbocycles. The van der Waals surface area contributed by atoms with Crippen molar-refractivity contribution in [1.29, 1.82) is 0 Å². The first kappa shape index (κ1) is 16.5. The zero-order valence-electron chi connectivity index (χ0n) is 12.2. The summed E-state index contributed by atoms with van der Waals surface area (Å²) in [6, 6.07) is 14.4. The molecule has 0 aliphatic heterocycles. The van der Waals surface area contributed by atoms with Crippen LogP contribution in [0.1, 0.15) is 25.0 Å². The molecule has 0 saturated heterocycles. The first-order valence-electron chi connectivity index (χ1n) is 6.83. The van der Waals surface area contributed by atoms with Crippen LogP contribution in [0.25, 0.3) is 0 Å². The molecule has 0 unspecified atom stereocenters. The summed E-state index contributed by atoms with van der Waals surface area (Å²) < 4.78 is 1.41. The van der Waals surface area contributed by atoms with Crippen molar-refractivity contribution in [3.63, 3.8) is 0 Å². The molecule has 0 fully saturated rings. The lowest BCUT2D eigenvalue weighted by Gasteiger charge is -2.26. The van der Waals surface area contributed by atoms with Crippen LogP contribution in [0.3, 0.4) is 0 Å². The zero-order valence-corrected chi connectivity index (χ0v) is 15.3. The average Bonchev–Trinajstić information content (AvgIpc) is 2.45. The molecular weight excluding hydrogens is 394 g/mol.